The zero-order chi connectivity index (χ0) is 14.8. The van der Waals surface area contributed by atoms with E-state index in [0.29, 0.717) is 11.3 Å². The van der Waals surface area contributed by atoms with Crippen LogP contribution in [0.1, 0.15) is 11.1 Å². The van der Waals surface area contributed by atoms with Gasteiger partial charge in [0.2, 0.25) is 0 Å². The van der Waals surface area contributed by atoms with E-state index in [1.807, 2.05) is 6.07 Å². The van der Waals surface area contributed by atoms with Crippen molar-refractivity contribution in [3.05, 3.63) is 53.6 Å². The lowest BCUT2D eigenvalue weighted by Gasteiger charge is -2.15. The van der Waals surface area contributed by atoms with Gasteiger partial charge in [-0.2, -0.15) is 18.4 Å². The molecule has 20 heavy (non-hydrogen) atoms. The largest absolute Gasteiger partial charge is 0.418 e. The fraction of sp³-hybridized carbons (Fsp3) is 0.0714. The number of benzene rings is 2. The Morgan fingerprint density at radius 2 is 1.70 bits per heavy atom. The molecule has 3 nitrogen and oxygen atoms in total. The van der Waals surface area contributed by atoms with E-state index in [9.17, 15) is 13.2 Å². The molecule has 0 aliphatic carbocycles. The number of nitriles is 1. The SMILES string of the molecule is N#Cc1ccc(Nc2ccc(N)cc2C(F)(F)F)cc1. The number of nitrogens with zero attached hydrogens (tertiary/aromatic N) is 1. The Hall–Kier alpha value is -2.68. The van der Waals surface area contributed by atoms with Gasteiger partial charge in [0.15, 0.2) is 0 Å². The van der Waals surface area contributed by atoms with Crippen LogP contribution in [0.4, 0.5) is 30.2 Å². The normalized spacial score (nSPS) is 10.9. The third-order valence-corrected chi connectivity index (χ3v) is 2.64. The molecule has 0 spiro atoms. The summed E-state index contributed by atoms with van der Waals surface area (Å²) in [6.45, 7) is 0. The van der Waals surface area contributed by atoms with Gasteiger partial charge in [0.1, 0.15) is 0 Å². The third-order valence-electron chi connectivity index (χ3n) is 2.64. The van der Waals surface area contributed by atoms with Crippen LogP contribution in [0.25, 0.3) is 0 Å². The van der Waals surface area contributed by atoms with Gasteiger partial charge >= 0.3 is 6.18 Å². The average molecular weight is 277 g/mol. The summed E-state index contributed by atoms with van der Waals surface area (Å²) in [6.07, 6.45) is -4.50. The summed E-state index contributed by atoms with van der Waals surface area (Å²) in [7, 11) is 0. The van der Waals surface area contributed by atoms with Crippen LogP contribution in [-0.2, 0) is 6.18 Å². The van der Waals surface area contributed by atoms with E-state index in [0.717, 1.165) is 6.07 Å². The zero-order valence-electron chi connectivity index (χ0n) is 10.2. The lowest BCUT2D eigenvalue weighted by atomic mass is 10.1. The number of alkyl halides is 3. The Morgan fingerprint density at radius 3 is 2.25 bits per heavy atom. The van der Waals surface area contributed by atoms with Gasteiger partial charge in [-0.1, -0.05) is 0 Å². The number of hydrogen-bond donors (Lipinski definition) is 2. The van der Waals surface area contributed by atoms with E-state index in [1.54, 1.807) is 0 Å². The molecule has 2 aromatic rings. The number of hydrogen-bond acceptors (Lipinski definition) is 3. The van der Waals surface area contributed by atoms with E-state index in [-0.39, 0.29) is 11.4 Å². The maximum absolute atomic E-state index is 12.9. The lowest BCUT2D eigenvalue weighted by molar-refractivity contribution is -0.136. The van der Waals surface area contributed by atoms with Crippen molar-refractivity contribution < 1.29 is 13.2 Å². The Labute approximate surface area is 113 Å². The minimum atomic E-state index is -4.50. The van der Waals surface area contributed by atoms with Crippen molar-refractivity contribution in [1.29, 1.82) is 5.26 Å². The van der Waals surface area contributed by atoms with Crippen molar-refractivity contribution >= 4 is 17.1 Å². The molecular weight excluding hydrogens is 267 g/mol. The summed E-state index contributed by atoms with van der Waals surface area (Å²) in [4.78, 5) is 0. The van der Waals surface area contributed by atoms with Crippen molar-refractivity contribution in [3.8, 4) is 6.07 Å². The minimum absolute atomic E-state index is 0.0442. The van der Waals surface area contributed by atoms with Crippen molar-refractivity contribution in [3.63, 3.8) is 0 Å². The van der Waals surface area contributed by atoms with Crippen LogP contribution in [0.15, 0.2) is 42.5 Å². The van der Waals surface area contributed by atoms with Gasteiger partial charge in [-0.3, -0.25) is 0 Å². The van der Waals surface area contributed by atoms with E-state index in [1.165, 1.54) is 36.4 Å². The third kappa shape index (κ3) is 3.01. The second kappa shape index (κ2) is 5.13. The number of rotatable bonds is 2. The van der Waals surface area contributed by atoms with Crippen LogP contribution < -0.4 is 11.1 Å². The molecule has 3 N–H and O–H groups in total. The van der Waals surface area contributed by atoms with Gasteiger partial charge in [0.25, 0.3) is 0 Å². The predicted octanol–water partition coefficient (Wildman–Crippen LogP) is 3.90. The molecule has 2 rings (SSSR count). The molecule has 0 atom stereocenters. The molecule has 0 aliphatic rings. The second-order valence-electron chi connectivity index (χ2n) is 4.12. The quantitative estimate of drug-likeness (QED) is 0.818. The Balaban J connectivity index is 2.35. The minimum Gasteiger partial charge on any atom is -0.399 e. The van der Waals surface area contributed by atoms with Gasteiger partial charge in [-0.05, 0) is 42.5 Å². The maximum atomic E-state index is 12.9. The Bertz CT molecular complexity index is 655. The first-order chi connectivity index (χ1) is 9.40. The number of nitrogen functional groups attached to an aromatic ring is 1. The topological polar surface area (TPSA) is 61.8 Å². The maximum Gasteiger partial charge on any atom is 0.418 e. The molecule has 0 fully saturated rings. The summed E-state index contributed by atoms with van der Waals surface area (Å²) in [5, 5.41) is 11.3. The van der Waals surface area contributed by atoms with Crippen molar-refractivity contribution in [2.45, 2.75) is 6.18 Å². The number of anilines is 3. The van der Waals surface area contributed by atoms with Crippen LogP contribution in [0.3, 0.4) is 0 Å². The summed E-state index contributed by atoms with van der Waals surface area (Å²) < 4.78 is 38.7. The second-order valence-corrected chi connectivity index (χ2v) is 4.12. The molecule has 6 heteroatoms. The summed E-state index contributed by atoms with van der Waals surface area (Å²) >= 11 is 0. The van der Waals surface area contributed by atoms with E-state index in [2.05, 4.69) is 5.32 Å². The summed E-state index contributed by atoms with van der Waals surface area (Å²) in [6, 6.07) is 11.6. The molecule has 0 unspecified atom stereocenters. The molecule has 0 radical (unpaired) electrons. The highest BCUT2D eigenvalue weighted by Crippen LogP contribution is 2.37. The van der Waals surface area contributed by atoms with Crippen molar-refractivity contribution in [2.24, 2.45) is 0 Å². The van der Waals surface area contributed by atoms with Crippen molar-refractivity contribution in [2.75, 3.05) is 11.1 Å². The van der Waals surface area contributed by atoms with Crippen LogP contribution >= 0.6 is 0 Å². The fourth-order valence-electron chi connectivity index (χ4n) is 1.69. The van der Waals surface area contributed by atoms with Crippen molar-refractivity contribution in [1.82, 2.24) is 0 Å². The highest BCUT2D eigenvalue weighted by atomic mass is 19.4. The molecule has 102 valence electrons. The molecule has 0 bridgehead atoms. The number of nitrogens with one attached hydrogen (secondary N) is 1. The molecule has 2 aromatic carbocycles. The van der Waals surface area contributed by atoms with Crippen LogP contribution in [0, 0.1) is 11.3 Å². The average Bonchev–Trinajstić information content (AvgIpc) is 2.40. The molecule has 0 saturated heterocycles. The number of halogens is 3. The summed E-state index contributed by atoms with van der Waals surface area (Å²) in [5.41, 5.74) is 5.41. The first kappa shape index (κ1) is 13.7. The highest BCUT2D eigenvalue weighted by molar-refractivity contribution is 5.67. The van der Waals surface area contributed by atoms with Gasteiger partial charge in [-0.25, -0.2) is 0 Å². The zero-order valence-corrected chi connectivity index (χ0v) is 10.2. The number of nitrogens with two attached hydrogens (primary N) is 1. The van der Waals surface area contributed by atoms with Gasteiger partial charge < -0.3 is 11.1 Å². The van der Waals surface area contributed by atoms with Gasteiger partial charge in [0, 0.05) is 11.4 Å². The summed E-state index contributed by atoms with van der Waals surface area (Å²) in [5.74, 6) is 0. The molecule has 0 heterocycles. The first-order valence-corrected chi connectivity index (χ1v) is 5.64. The molecule has 0 amide bonds. The smallest absolute Gasteiger partial charge is 0.399 e. The predicted molar refractivity (Wildman–Crippen MR) is 70.3 cm³/mol. The van der Waals surface area contributed by atoms with Crippen LogP contribution in [-0.4, -0.2) is 0 Å². The molecule has 0 aliphatic heterocycles. The lowest BCUT2D eigenvalue weighted by Crippen LogP contribution is -2.09. The molecular formula is C14H10F3N3. The standard InChI is InChI=1S/C14H10F3N3/c15-14(16,17)12-7-10(19)3-6-13(12)20-11-4-1-9(8-18)2-5-11/h1-7,20H,19H2. The van der Waals surface area contributed by atoms with Gasteiger partial charge in [-0.15, -0.1) is 0 Å². The fourth-order valence-corrected chi connectivity index (χ4v) is 1.69. The highest BCUT2D eigenvalue weighted by Gasteiger charge is 2.33. The van der Waals surface area contributed by atoms with E-state index < -0.39 is 11.7 Å². The Kier molecular flexibility index (Phi) is 3.53. The van der Waals surface area contributed by atoms with Crippen LogP contribution in [0.5, 0.6) is 0 Å². The van der Waals surface area contributed by atoms with E-state index in [4.69, 9.17) is 11.0 Å². The van der Waals surface area contributed by atoms with Crippen LogP contribution in [0.2, 0.25) is 0 Å². The monoisotopic (exact) mass is 277 g/mol. The van der Waals surface area contributed by atoms with E-state index >= 15 is 0 Å². The van der Waals surface area contributed by atoms with Gasteiger partial charge in [0.05, 0.1) is 22.9 Å². The first-order valence-electron chi connectivity index (χ1n) is 5.64. The molecule has 0 saturated carbocycles. The Morgan fingerprint density at radius 1 is 1.05 bits per heavy atom. The molecule has 0 aromatic heterocycles.